The summed E-state index contributed by atoms with van der Waals surface area (Å²) in [7, 11) is 0. The first kappa shape index (κ1) is 38.3. The van der Waals surface area contributed by atoms with Crippen LogP contribution in [0.5, 0.6) is 0 Å². The van der Waals surface area contributed by atoms with Crippen molar-refractivity contribution in [2.45, 2.75) is 0 Å². The van der Waals surface area contributed by atoms with E-state index in [0.717, 1.165) is 61.2 Å². The number of anilines is 3. The van der Waals surface area contributed by atoms with Crippen LogP contribution in [0.2, 0.25) is 0 Å². The first-order valence-electron chi connectivity index (χ1n) is 22.6. The van der Waals surface area contributed by atoms with E-state index in [2.05, 4.69) is 196 Å². The van der Waals surface area contributed by atoms with E-state index in [-0.39, 0.29) is 0 Å². The maximum atomic E-state index is 5.24. The van der Waals surface area contributed by atoms with Crippen LogP contribution in [0.3, 0.4) is 0 Å². The van der Waals surface area contributed by atoms with Crippen molar-refractivity contribution in [1.82, 2.24) is 24.1 Å². The van der Waals surface area contributed by atoms with E-state index >= 15 is 0 Å². The molecule has 0 unspecified atom stereocenters. The summed E-state index contributed by atoms with van der Waals surface area (Å²) in [6, 6.07) is 85.8. The summed E-state index contributed by atoms with van der Waals surface area (Å²) in [6.07, 6.45) is 0. The molecular formula is C61H40N6. The van der Waals surface area contributed by atoms with Crippen molar-refractivity contribution in [3.63, 3.8) is 0 Å². The Bertz CT molecular complexity index is 3910. The lowest BCUT2D eigenvalue weighted by molar-refractivity contribution is 1.02. The van der Waals surface area contributed by atoms with Crippen LogP contribution in [-0.2, 0) is 0 Å². The second kappa shape index (κ2) is 15.8. The summed E-state index contributed by atoms with van der Waals surface area (Å²) in [4.78, 5) is 17.7. The predicted molar refractivity (Wildman–Crippen MR) is 277 cm³/mol. The molecule has 0 aliphatic heterocycles. The maximum Gasteiger partial charge on any atom is 0.238 e. The molecule has 0 saturated heterocycles. The third-order valence-corrected chi connectivity index (χ3v) is 13.0. The lowest BCUT2D eigenvalue weighted by Gasteiger charge is -2.25. The summed E-state index contributed by atoms with van der Waals surface area (Å²) < 4.78 is 4.78. The van der Waals surface area contributed by atoms with Crippen LogP contribution in [0.1, 0.15) is 0 Å². The second-order valence-electron chi connectivity index (χ2n) is 16.8. The number of hydrogen-bond donors (Lipinski definition) is 0. The first-order valence-corrected chi connectivity index (χ1v) is 22.6. The molecule has 0 amide bonds. The Morgan fingerprint density at radius 2 is 0.851 bits per heavy atom. The first-order chi connectivity index (χ1) is 33.2. The van der Waals surface area contributed by atoms with Crippen molar-refractivity contribution in [2.75, 3.05) is 4.90 Å². The molecule has 0 aliphatic carbocycles. The Kier molecular flexibility index (Phi) is 9.06. The monoisotopic (exact) mass is 856 g/mol. The van der Waals surface area contributed by atoms with Crippen LogP contribution >= 0.6 is 0 Å². The van der Waals surface area contributed by atoms with Gasteiger partial charge in [-0.25, -0.2) is 4.98 Å². The molecule has 3 heterocycles. The lowest BCUT2D eigenvalue weighted by atomic mass is 9.98. The molecule has 0 radical (unpaired) electrons. The van der Waals surface area contributed by atoms with Crippen molar-refractivity contribution in [3.8, 4) is 45.3 Å². The molecule has 0 bridgehead atoms. The molecule has 13 aromatic rings. The highest BCUT2D eigenvalue weighted by Crippen LogP contribution is 2.43. The SMILES string of the molecule is c1ccc(-c2nc(-c3ccccc3)nc(N(c3ccc(-n4c5ccccc5c5ccc(-c6cccc7c6c6ccccc6n7-c6ccccc6)cc54)cc3)c3cccc4ccccc34)n2)cc1. The average Bonchev–Trinajstić information content (AvgIpc) is 3.92. The predicted octanol–water partition coefficient (Wildman–Crippen LogP) is 15.7. The third-order valence-electron chi connectivity index (χ3n) is 13.0. The molecule has 0 N–H and O–H groups in total. The number of fused-ring (bicyclic) bond motifs is 7. The van der Waals surface area contributed by atoms with Gasteiger partial charge < -0.3 is 9.13 Å². The fraction of sp³-hybridized carbons (Fsp3) is 0. The van der Waals surface area contributed by atoms with Crippen LogP contribution in [0.15, 0.2) is 243 Å². The minimum atomic E-state index is 0.529. The smallest absolute Gasteiger partial charge is 0.238 e. The molecule has 13 rings (SSSR count). The fourth-order valence-corrected chi connectivity index (χ4v) is 9.95. The molecule has 314 valence electrons. The molecule has 67 heavy (non-hydrogen) atoms. The van der Waals surface area contributed by atoms with E-state index in [0.29, 0.717) is 17.6 Å². The number of benzene rings is 10. The van der Waals surface area contributed by atoms with Crippen LogP contribution in [0.4, 0.5) is 17.3 Å². The molecule has 0 aliphatic rings. The Balaban J connectivity index is 0.995. The topological polar surface area (TPSA) is 51.8 Å². The van der Waals surface area contributed by atoms with Gasteiger partial charge in [-0.3, -0.25) is 4.90 Å². The minimum Gasteiger partial charge on any atom is -0.309 e. The summed E-state index contributed by atoms with van der Waals surface area (Å²) >= 11 is 0. The van der Waals surface area contributed by atoms with Crippen molar-refractivity contribution in [1.29, 1.82) is 0 Å². The molecule has 0 saturated carbocycles. The van der Waals surface area contributed by atoms with Crippen molar-refractivity contribution in [2.24, 2.45) is 0 Å². The van der Waals surface area contributed by atoms with Gasteiger partial charge in [0, 0.05) is 55.1 Å². The number of para-hydroxylation sites is 3. The van der Waals surface area contributed by atoms with Gasteiger partial charge in [-0.05, 0) is 83.2 Å². The van der Waals surface area contributed by atoms with E-state index in [1.165, 1.54) is 38.1 Å². The number of hydrogen-bond acceptors (Lipinski definition) is 4. The van der Waals surface area contributed by atoms with E-state index in [1.807, 2.05) is 60.7 Å². The Morgan fingerprint density at radius 1 is 0.328 bits per heavy atom. The minimum absolute atomic E-state index is 0.529. The summed E-state index contributed by atoms with van der Waals surface area (Å²) in [5, 5.41) is 7.10. The molecule has 0 atom stereocenters. The summed E-state index contributed by atoms with van der Waals surface area (Å²) in [5.41, 5.74) is 12.9. The number of aromatic nitrogens is 5. The fourth-order valence-electron chi connectivity index (χ4n) is 9.95. The quantitative estimate of drug-likeness (QED) is 0.153. The lowest BCUT2D eigenvalue weighted by Crippen LogP contribution is -2.15. The Morgan fingerprint density at radius 3 is 1.57 bits per heavy atom. The molecule has 6 nitrogen and oxygen atoms in total. The van der Waals surface area contributed by atoms with Gasteiger partial charge in [-0.1, -0.05) is 176 Å². The van der Waals surface area contributed by atoms with Gasteiger partial charge in [-0.2, -0.15) is 9.97 Å². The molecule has 0 spiro atoms. The molecule has 10 aromatic carbocycles. The largest absolute Gasteiger partial charge is 0.309 e. The average molecular weight is 857 g/mol. The van der Waals surface area contributed by atoms with Gasteiger partial charge in [-0.15, -0.1) is 0 Å². The molecule has 0 fully saturated rings. The summed E-state index contributed by atoms with van der Waals surface area (Å²) in [6.45, 7) is 0. The van der Waals surface area contributed by atoms with Crippen molar-refractivity contribution < 1.29 is 0 Å². The van der Waals surface area contributed by atoms with Crippen LogP contribution in [0.25, 0.3) is 99.7 Å². The van der Waals surface area contributed by atoms with Crippen LogP contribution in [0, 0.1) is 0 Å². The van der Waals surface area contributed by atoms with Crippen molar-refractivity contribution >= 4 is 71.7 Å². The number of nitrogens with zero attached hydrogens (tertiary/aromatic N) is 6. The van der Waals surface area contributed by atoms with Gasteiger partial charge in [0.2, 0.25) is 5.95 Å². The maximum absolute atomic E-state index is 5.24. The third kappa shape index (κ3) is 6.45. The van der Waals surface area contributed by atoms with Gasteiger partial charge in [0.1, 0.15) is 0 Å². The standard InChI is InChI=1S/C61H40N6/c1-4-19-42(20-5-1)59-62-60(43-21-6-2-7-22-43)64-61(63-59)67(53-32-16-23-41-18-10-11-26-48(41)53)47-37-35-46(36-38-47)66-54-30-14-12-27-50(54)51-39-34-44(40-57(51)66)49-29-17-33-56-58(49)52-28-13-15-31-55(52)65(56)45-24-8-3-9-25-45/h1-40H. The van der Waals surface area contributed by atoms with Gasteiger partial charge in [0.15, 0.2) is 11.6 Å². The van der Waals surface area contributed by atoms with Gasteiger partial charge >= 0.3 is 0 Å². The zero-order chi connectivity index (χ0) is 44.3. The van der Waals surface area contributed by atoms with E-state index in [1.54, 1.807) is 0 Å². The highest BCUT2D eigenvalue weighted by atomic mass is 15.3. The number of rotatable bonds is 8. The van der Waals surface area contributed by atoms with E-state index < -0.39 is 0 Å². The summed E-state index contributed by atoms with van der Waals surface area (Å²) in [5.74, 6) is 1.74. The van der Waals surface area contributed by atoms with Gasteiger partial charge in [0.05, 0.1) is 27.8 Å². The second-order valence-corrected chi connectivity index (χ2v) is 16.8. The van der Waals surface area contributed by atoms with Crippen LogP contribution < -0.4 is 4.90 Å². The zero-order valence-corrected chi connectivity index (χ0v) is 36.3. The van der Waals surface area contributed by atoms with Crippen molar-refractivity contribution in [3.05, 3.63) is 243 Å². The molecule has 3 aromatic heterocycles. The normalized spacial score (nSPS) is 11.6. The van der Waals surface area contributed by atoms with E-state index in [9.17, 15) is 0 Å². The van der Waals surface area contributed by atoms with Gasteiger partial charge in [0.25, 0.3) is 0 Å². The highest BCUT2D eigenvalue weighted by molar-refractivity contribution is 6.17. The highest BCUT2D eigenvalue weighted by Gasteiger charge is 2.23. The Labute approximate surface area is 386 Å². The van der Waals surface area contributed by atoms with E-state index in [4.69, 9.17) is 15.0 Å². The molecular weight excluding hydrogens is 817 g/mol. The zero-order valence-electron chi connectivity index (χ0n) is 36.3. The Hall–Kier alpha value is -9.13. The van der Waals surface area contributed by atoms with Crippen LogP contribution in [-0.4, -0.2) is 24.1 Å². The molecule has 6 heteroatoms.